The summed E-state index contributed by atoms with van der Waals surface area (Å²) < 4.78 is 78.2. The number of nitrogens with zero attached hydrogens (tertiary/aromatic N) is 2. The van der Waals surface area contributed by atoms with Crippen LogP contribution in [0.1, 0.15) is 38.2 Å². The predicted octanol–water partition coefficient (Wildman–Crippen LogP) is 5.07. The maximum Gasteiger partial charge on any atom is 0.258 e. The molecule has 0 bridgehead atoms. The number of para-hydroxylation sites is 1. The third-order valence-corrected chi connectivity index (χ3v) is 10.7. The molecule has 8 nitrogen and oxygen atoms in total. The van der Waals surface area contributed by atoms with Crippen molar-refractivity contribution in [3.63, 3.8) is 0 Å². The van der Waals surface area contributed by atoms with Crippen LogP contribution in [0, 0.1) is 46.8 Å². The van der Waals surface area contributed by atoms with Crippen molar-refractivity contribution in [3.8, 4) is 11.5 Å². The molecule has 4 amide bonds. The largest absolute Gasteiger partial charge is 0.504 e. The number of halogens is 7. The molecule has 2 aliphatic carbocycles. The average Bonchev–Trinajstić information content (AvgIpc) is 3.34. The van der Waals surface area contributed by atoms with Gasteiger partial charge < -0.3 is 9.84 Å². The summed E-state index contributed by atoms with van der Waals surface area (Å²) in [6.45, 7) is 3.36. The second kappa shape index (κ2) is 10.4. The van der Waals surface area contributed by atoms with Gasteiger partial charge in [0.25, 0.3) is 11.8 Å². The minimum Gasteiger partial charge on any atom is -0.504 e. The molecular formula is C30H23Cl2F5N2O6. The first-order chi connectivity index (χ1) is 21.2. The van der Waals surface area contributed by atoms with Crippen LogP contribution in [0.3, 0.4) is 0 Å². The van der Waals surface area contributed by atoms with Crippen molar-refractivity contribution in [1.82, 2.24) is 4.90 Å². The number of phenols is 1. The van der Waals surface area contributed by atoms with Gasteiger partial charge in [-0.2, -0.15) is 0 Å². The average molecular weight is 673 g/mol. The van der Waals surface area contributed by atoms with Gasteiger partial charge in [-0.15, -0.1) is 23.2 Å². The quantitative estimate of drug-likeness (QED) is 0.119. The van der Waals surface area contributed by atoms with E-state index in [1.165, 1.54) is 18.2 Å². The van der Waals surface area contributed by atoms with Crippen LogP contribution in [0.4, 0.5) is 27.6 Å². The molecule has 15 heteroatoms. The van der Waals surface area contributed by atoms with Crippen molar-refractivity contribution >= 4 is 52.5 Å². The van der Waals surface area contributed by atoms with E-state index in [1.807, 2.05) is 0 Å². The van der Waals surface area contributed by atoms with E-state index < -0.39 is 104 Å². The molecule has 2 saturated heterocycles. The fraction of sp³-hybridized carbons (Fsp3) is 0.400. The van der Waals surface area contributed by atoms with E-state index in [4.69, 9.17) is 27.9 Å². The highest BCUT2D eigenvalue weighted by atomic mass is 35.5. The van der Waals surface area contributed by atoms with Crippen molar-refractivity contribution in [2.45, 2.75) is 42.4 Å². The summed E-state index contributed by atoms with van der Waals surface area (Å²) in [6.07, 6.45) is 0.930. The van der Waals surface area contributed by atoms with Crippen LogP contribution >= 0.6 is 23.2 Å². The van der Waals surface area contributed by atoms with Crippen molar-refractivity contribution < 1.29 is 51.0 Å². The number of amides is 4. The summed E-state index contributed by atoms with van der Waals surface area (Å²) >= 11 is 14.1. The molecule has 2 aromatic carbocycles. The number of ether oxygens (including phenoxy) is 1. The van der Waals surface area contributed by atoms with Gasteiger partial charge in [0, 0.05) is 18.0 Å². The van der Waals surface area contributed by atoms with Gasteiger partial charge in [0.1, 0.15) is 5.69 Å². The van der Waals surface area contributed by atoms with Crippen molar-refractivity contribution in [2.24, 2.45) is 17.8 Å². The number of hydrogen-bond acceptors (Lipinski definition) is 6. The number of hydrogen-bond donors (Lipinski definition) is 1. The Morgan fingerprint density at radius 3 is 2.13 bits per heavy atom. The highest BCUT2D eigenvalue weighted by Gasteiger charge is 2.77. The second-order valence-electron chi connectivity index (χ2n) is 11.2. The Morgan fingerprint density at radius 2 is 1.53 bits per heavy atom. The van der Waals surface area contributed by atoms with E-state index in [0.29, 0.717) is 0 Å². The second-order valence-corrected chi connectivity index (χ2v) is 12.5. The molecule has 1 saturated carbocycles. The molecule has 6 unspecified atom stereocenters. The zero-order valence-corrected chi connectivity index (χ0v) is 25.0. The van der Waals surface area contributed by atoms with Crippen LogP contribution in [0.5, 0.6) is 11.5 Å². The molecule has 4 aliphatic rings. The third-order valence-electron chi connectivity index (χ3n) is 9.27. The molecule has 45 heavy (non-hydrogen) atoms. The molecule has 238 valence electrons. The lowest BCUT2D eigenvalue weighted by Crippen LogP contribution is -2.60. The summed E-state index contributed by atoms with van der Waals surface area (Å²) in [7, 11) is 0. The van der Waals surface area contributed by atoms with Crippen molar-refractivity contribution in [1.29, 1.82) is 0 Å². The number of allylic oxidation sites excluding steroid dienone is 2. The van der Waals surface area contributed by atoms with Crippen LogP contribution in [-0.4, -0.2) is 56.5 Å². The predicted molar refractivity (Wildman–Crippen MR) is 148 cm³/mol. The topological polar surface area (TPSA) is 104 Å². The van der Waals surface area contributed by atoms with E-state index in [0.717, 1.165) is 4.90 Å². The highest BCUT2D eigenvalue weighted by molar-refractivity contribution is 6.58. The van der Waals surface area contributed by atoms with E-state index in [-0.39, 0.29) is 41.4 Å². The minimum atomic E-state index is -2.74. The Labute approximate surface area is 262 Å². The van der Waals surface area contributed by atoms with Crippen molar-refractivity contribution in [2.75, 3.05) is 18.1 Å². The summed E-state index contributed by atoms with van der Waals surface area (Å²) in [4.78, 5) is 50.4. The number of anilines is 1. The summed E-state index contributed by atoms with van der Waals surface area (Å²) in [5.41, 5.74) is -1.77. The van der Waals surface area contributed by atoms with Gasteiger partial charge in [0.15, 0.2) is 44.5 Å². The summed E-state index contributed by atoms with van der Waals surface area (Å²) in [5, 5.41) is 11.3. The fourth-order valence-electron chi connectivity index (χ4n) is 7.33. The first kappa shape index (κ1) is 31.3. The Hall–Kier alpha value is -3.71. The van der Waals surface area contributed by atoms with Crippen LogP contribution in [0.2, 0.25) is 0 Å². The zero-order chi connectivity index (χ0) is 32.9. The number of imide groups is 2. The van der Waals surface area contributed by atoms with Gasteiger partial charge in [0.2, 0.25) is 17.6 Å². The first-order valence-corrected chi connectivity index (χ1v) is 14.7. The number of carbonyl (C=O) groups is 4. The lowest BCUT2D eigenvalue weighted by atomic mass is 9.56. The molecule has 6 rings (SSSR count). The monoisotopic (exact) mass is 672 g/mol. The molecule has 0 spiro atoms. The van der Waals surface area contributed by atoms with E-state index >= 15 is 8.78 Å². The molecule has 6 atom stereocenters. The number of alkyl halides is 2. The smallest absolute Gasteiger partial charge is 0.258 e. The number of benzene rings is 2. The number of likely N-dealkylation sites (tertiary alicyclic amines) is 1. The first-order valence-electron chi connectivity index (χ1n) is 14.0. The molecule has 2 aromatic rings. The van der Waals surface area contributed by atoms with Crippen LogP contribution in [0.25, 0.3) is 0 Å². The summed E-state index contributed by atoms with van der Waals surface area (Å²) in [6, 6.07) is 4.15. The standard InChI is InChI=1S/C30H23Cl2F5N2O6/c1-3-38-25(41)12-9-8-11-14(16(12)26(38)42)10-29(31)27(43)39(23-21(36)19(34)18(33)20(35)22(23)37)28(44)30(29,32)17(11)13-6-5-7-15(24(13)40)45-4-2/h5-8,12,14,16-17,40H,3-4,9-10H2,1-2H3. The third kappa shape index (κ3) is 3.82. The van der Waals surface area contributed by atoms with E-state index in [2.05, 4.69) is 0 Å². The number of carbonyl (C=O) groups excluding carboxylic acids is 4. The van der Waals surface area contributed by atoms with Crippen LogP contribution in [-0.2, 0) is 19.2 Å². The van der Waals surface area contributed by atoms with Gasteiger partial charge in [-0.25, -0.2) is 26.9 Å². The van der Waals surface area contributed by atoms with Crippen molar-refractivity contribution in [3.05, 3.63) is 64.5 Å². The van der Waals surface area contributed by atoms with Gasteiger partial charge in [0.05, 0.1) is 18.4 Å². The number of phenolic OH excluding ortho intramolecular Hbond substituents is 1. The van der Waals surface area contributed by atoms with Crippen LogP contribution < -0.4 is 9.64 Å². The van der Waals surface area contributed by atoms with Gasteiger partial charge >= 0.3 is 0 Å². The van der Waals surface area contributed by atoms with Crippen LogP contribution in [0.15, 0.2) is 29.8 Å². The molecule has 2 heterocycles. The number of fused-ring (bicyclic) bond motifs is 4. The molecule has 3 fully saturated rings. The van der Waals surface area contributed by atoms with E-state index in [1.54, 1.807) is 19.9 Å². The molecule has 0 radical (unpaired) electrons. The lowest BCUT2D eigenvalue weighted by Gasteiger charge is -2.50. The number of aromatic hydroxyl groups is 1. The SMILES string of the molecule is CCOc1cccc(C2C3=CCC4C(=O)N(CC)C(=O)C4C3CC3(Cl)C(=O)N(c4c(F)c(F)c(F)c(F)c4F)C(=O)C23Cl)c1O. The Bertz CT molecular complexity index is 1730. The normalized spacial score (nSPS) is 30.8. The maximum absolute atomic E-state index is 15.1. The molecular weight excluding hydrogens is 650 g/mol. The number of rotatable bonds is 5. The maximum atomic E-state index is 15.1. The van der Waals surface area contributed by atoms with Gasteiger partial charge in [-0.3, -0.25) is 24.1 Å². The van der Waals surface area contributed by atoms with Gasteiger partial charge in [-0.05, 0) is 38.7 Å². The summed E-state index contributed by atoms with van der Waals surface area (Å²) in [5.74, 6) is -21.8. The zero-order valence-electron chi connectivity index (χ0n) is 23.5. The van der Waals surface area contributed by atoms with Gasteiger partial charge in [-0.1, -0.05) is 23.8 Å². The minimum absolute atomic E-state index is 0.00569. The molecule has 0 aromatic heterocycles. The highest BCUT2D eigenvalue weighted by Crippen LogP contribution is 2.67. The Morgan fingerprint density at radius 1 is 0.911 bits per heavy atom. The lowest BCUT2D eigenvalue weighted by molar-refractivity contribution is -0.140. The fourth-order valence-corrected chi connectivity index (χ4v) is 8.26. The van der Waals surface area contributed by atoms with E-state index in [9.17, 15) is 37.5 Å². The Balaban J connectivity index is 1.63. The Kier molecular flexibility index (Phi) is 7.24. The molecule has 2 aliphatic heterocycles. The molecule has 1 N–H and O–H groups in total.